The molecular formula is C23H24ClN4O3S2-. The van der Waals surface area contributed by atoms with Crippen LogP contribution in [0.5, 0.6) is 5.75 Å². The summed E-state index contributed by atoms with van der Waals surface area (Å²) >= 11 is 2.73. The number of carbonyl (C=O) groups excluding carboxylic acids is 1. The predicted octanol–water partition coefficient (Wildman–Crippen LogP) is 0.916. The lowest BCUT2D eigenvalue weighted by atomic mass is 10.2. The Hall–Kier alpha value is -2.59. The molecule has 7 nitrogen and oxygen atoms in total. The van der Waals surface area contributed by atoms with Crippen molar-refractivity contribution < 1.29 is 21.9 Å². The van der Waals surface area contributed by atoms with Crippen LogP contribution in [0.2, 0.25) is 0 Å². The smallest absolute Gasteiger partial charge is 0.272 e. The molecule has 2 aromatic carbocycles. The Morgan fingerprint density at radius 3 is 2.67 bits per heavy atom. The fourth-order valence-corrected chi connectivity index (χ4v) is 5.23. The van der Waals surface area contributed by atoms with E-state index in [0.717, 1.165) is 10.1 Å². The number of likely N-dealkylation sites (N-methyl/N-ethyl adjacent to an activating group) is 1. The first-order chi connectivity index (χ1) is 15.5. The number of amides is 1. The topological polar surface area (TPSA) is 76.5 Å². The summed E-state index contributed by atoms with van der Waals surface area (Å²) < 4.78 is 8.65. The Balaban J connectivity index is 0.00000306. The monoisotopic (exact) mass is 503 g/mol. The van der Waals surface area contributed by atoms with Crippen molar-refractivity contribution in [3.8, 4) is 5.75 Å². The van der Waals surface area contributed by atoms with Crippen molar-refractivity contribution in [2.45, 2.75) is 11.7 Å². The number of hydrogen-bond donors (Lipinski definition) is 1. The molecule has 0 unspecified atom stereocenters. The third kappa shape index (κ3) is 5.50. The average Bonchev–Trinajstić information content (AvgIpc) is 3.16. The van der Waals surface area contributed by atoms with E-state index < -0.39 is 0 Å². The molecule has 0 bridgehead atoms. The minimum absolute atomic E-state index is 0. The molecule has 0 spiro atoms. The quantitative estimate of drug-likeness (QED) is 0.284. The predicted molar refractivity (Wildman–Crippen MR) is 132 cm³/mol. The Bertz CT molecular complexity index is 1340. The molecule has 1 amide bonds. The van der Waals surface area contributed by atoms with Crippen molar-refractivity contribution in [2.75, 3.05) is 38.8 Å². The van der Waals surface area contributed by atoms with Gasteiger partial charge in [0.15, 0.2) is 5.16 Å². The molecule has 2 heterocycles. The first-order valence-electron chi connectivity index (χ1n) is 10.1. The van der Waals surface area contributed by atoms with E-state index in [-0.39, 0.29) is 29.6 Å². The van der Waals surface area contributed by atoms with Gasteiger partial charge in [-0.3, -0.25) is 14.2 Å². The van der Waals surface area contributed by atoms with E-state index in [1.54, 1.807) is 23.8 Å². The molecule has 0 saturated heterocycles. The lowest BCUT2D eigenvalue weighted by Gasteiger charge is -2.15. The van der Waals surface area contributed by atoms with Crippen molar-refractivity contribution in [2.24, 2.45) is 0 Å². The Morgan fingerprint density at radius 1 is 1.18 bits per heavy atom. The fraction of sp³-hybridized carbons (Fsp3) is 0.261. The molecule has 0 saturated carbocycles. The van der Waals surface area contributed by atoms with Crippen molar-refractivity contribution >= 4 is 55.0 Å². The van der Waals surface area contributed by atoms with Gasteiger partial charge in [-0.15, -0.1) is 11.3 Å². The Morgan fingerprint density at radius 2 is 1.91 bits per heavy atom. The van der Waals surface area contributed by atoms with Crippen molar-refractivity contribution in [3.05, 3.63) is 58.9 Å². The summed E-state index contributed by atoms with van der Waals surface area (Å²) in [6, 6.07) is 15.1. The van der Waals surface area contributed by atoms with E-state index in [1.807, 2.05) is 55.4 Å². The van der Waals surface area contributed by atoms with Crippen LogP contribution in [0.25, 0.3) is 20.3 Å². The normalized spacial score (nSPS) is 11.0. The summed E-state index contributed by atoms with van der Waals surface area (Å²) in [6.07, 6.45) is 0. The van der Waals surface area contributed by atoms with Crippen LogP contribution in [-0.4, -0.2) is 53.9 Å². The number of aromatic nitrogens is 2. The number of benzene rings is 2. The van der Waals surface area contributed by atoms with E-state index in [0.29, 0.717) is 39.9 Å². The number of anilines is 1. The second kappa shape index (κ2) is 11.0. The summed E-state index contributed by atoms with van der Waals surface area (Å²) in [5.74, 6) is 0.529. The molecule has 0 aliphatic rings. The number of rotatable bonds is 8. The molecule has 33 heavy (non-hydrogen) atoms. The summed E-state index contributed by atoms with van der Waals surface area (Å²) in [6.45, 7) is 1.19. The molecule has 4 rings (SSSR count). The zero-order valence-electron chi connectivity index (χ0n) is 18.5. The van der Waals surface area contributed by atoms with Crippen LogP contribution >= 0.6 is 23.1 Å². The second-order valence-electron chi connectivity index (χ2n) is 7.47. The third-order valence-electron chi connectivity index (χ3n) is 4.93. The van der Waals surface area contributed by atoms with Gasteiger partial charge in [0, 0.05) is 23.2 Å². The number of methoxy groups -OCH3 is 1. The molecule has 4 aromatic rings. The van der Waals surface area contributed by atoms with E-state index in [2.05, 4.69) is 5.32 Å². The van der Waals surface area contributed by atoms with Gasteiger partial charge in [-0.1, -0.05) is 42.1 Å². The number of para-hydroxylation sites is 2. The number of carbonyl (C=O) groups is 1. The van der Waals surface area contributed by atoms with E-state index in [4.69, 9.17) is 9.72 Å². The van der Waals surface area contributed by atoms with E-state index in [9.17, 15) is 9.59 Å². The number of thioether (sulfide) groups is 1. The minimum atomic E-state index is -0.191. The molecule has 0 fully saturated rings. The van der Waals surface area contributed by atoms with Crippen molar-refractivity contribution in [1.82, 2.24) is 14.5 Å². The van der Waals surface area contributed by atoms with Gasteiger partial charge >= 0.3 is 0 Å². The maximum absolute atomic E-state index is 13.3. The highest BCUT2D eigenvalue weighted by atomic mass is 35.5. The van der Waals surface area contributed by atoms with Crippen LogP contribution < -0.4 is 28.0 Å². The van der Waals surface area contributed by atoms with Crippen molar-refractivity contribution in [1.29, 1.82) is 0 Å². The molecule has 1 N–H and O–H groups in total. The van der Waals surface area contributed by atoms with Gasteiger partial charge in [-0.05, 0) is 32.3 Å². The van der Waals surface area contributed by atoms with Gasteiger partial charge in [0.25, 0.3) is 5.56 Å². The number of nitrogens with zero attached hydrogens (tertiary/aromatic N) is 3. The highest BCUT2D eigenvalue weighted by Crippen LogP contribution is 2.32. The number of ether oxygens (including phenoxy) is 1. The largest absolute Gasteiger partial charge is 1.00 e. The fourth-order valence-electron chi connectivity index (χ4n) is 3.32. The summed E-state index contributed by atoms with van der Waals surface area (Å²) in [5, 5.41) is 4.38. The maximum Gasteiger partial charge on any atom is 0.272 e. The van der Waals surface area contributed by atoms with Crippen molar-refractivity contribution in [3.63, 3.8) is 0 Å². The molecular weight excluding hydrogens is 480 g/mol. The molecule has 0 aliphatic heterocycles. The number of fused-ring (bicyclic) bond motifs is 3. The highest BCUT2D eigenvalue weighted by molar-refractivity contribution is 7.99. The minimum Gasteiger partial charge on any atom is -1.00 e. The van der Waals surface area contributed by atoms with E-state index in [1.165, 1.54) is 23.1 Å². The second-order valence-corrected chi connectivity index (χ2v) is 9.46. The summed E-state index contributed by atoms with van der Waals surface area (Å²) in [7, 11) is 5.49. The average molecular weight is 504 g/mol. The third-order valence-corrected chi connectivity index (χ3v) is 7.06. The van der Waals surface area contributed by atoms with Crippen LogP contribution in [0, 0.1) is 0 Å². The Kier molecular flexibility index (Phi) is 8.36. The van der Waals surface area contributed by atoms with Gasteiger partial charge in [0.1, 0.15) is 10.4 Å². The molecule has 174 valence electrons. The van der Waals surface area contributed by atoms with E-state index >= 15 is 0 Å². The number of thiophene rings is 1. The van der Waals surface area contributed by atoms with Gasteiger partial charge < -0.3 is 27.4 Å². The first-order valence-corrected chi connectivity index (χ1v) is 11.9. The SMILES string of the molecule is COc1ccccc1NC(=O)CSc1nc2c(sc3ccccc32)c(=O)n1CCN(C)C.[Cl-]. The molecule has 2 aromatic heterocycles. The summed E-state index contributed by atoms with van der Waals surface area (Å²) in [4.78, 5) is 32.8. The van der Waals surface area contributed by atoms with Crippen LogP contribution in [0.15, 0.2) is 58.5 Å². The maximum atomic E-state index is 13.3. The van der Waals surface area contributed by atoms with Gasteiger partial charge in [-0.2, -0.15) is 0 Å². The number of hydrogen-bond acceptors (Lipinski definition) is 7. The van der Waals surface area contributed by atoms with Crippen LogP contribution in [-0.2, 0) is 11.3 Å². The van der Waals surface area contributed by atoms with Gasteiger partial charge in [0.05, 0.1) is 24.1 Å². The Labute approximate surface area is 206 Å². The lowest BCUT2D eigenvalue weighted by molar-refractivity contribution is -0.113. The first kappa shape index (κ1) is 25.0. The standard InChI is InChI=1S/C23H24N4O3S2.ClH/c1-26(2)12-13-27-22(29)21-20(15-8-4-7-11-18(15)32-21)25-23(27)31-14-19(28)24-16-9-5-6-10-17(16)30-3;/h4-11H,12-14H2,1-3H3,(H,24,28);1H/p-1. The zero-order valence-corrected chi connectivity index (χ0v) is 20.9. The van der Waals surface area contributed by atoms with Crippen LogP contribution in [0.4, 0.5) is 5.69 Å². The molecule has 0 aliphatic carbocycles. The molecule has 10 heteroatoms. The number of halogens is 1. The van der Waals surface area contributed by atoms with Gasteiger partial charge in [-0.25, -0.2) is 4.98 Å². The van der Waals surface area contributed by atoms with Crippen LogP contribution in [0.1, 0.15) is 0 Å². The molecule has 0 radical (unpaired) electrons. The van der Waals surface area contributed by atoms with Crippen LogP contribution in [0.3, 0.4) is 0 Å². The van der Waals surface area contributed by atoms with Gasteiger partial charge in [0.2, 0.25) is 5.91 Å². The molecule has 0 atom stereocenters. The zero-order chi connectivity index (χ0) is 22.7. The lowest BCUT2D eigenvalue weighted by Crippen LogP contribution is -3.00. The summed E-state index contributed by atoms with van der Waals surface area (Å²) in [5.41, 5.74) is 1.24. The highest BCUT2D eigenvalue weighted by Gasteiger charge is 2.17. The number of nitrogens with one attached hydrogen (secondary N) is 1.